The maximum Gasteiger partial charge on any atom is 0.331 e. The molecule has 6 rings (SSSR count). The predicted octanol–water partition coefficient (Wildman–Crippen LogP) is 4.85. The fourth-order valence-electron chi connectivity index (χ4n) is 8.18. The van der Waals surface area contributed by atoms with Gasteiger partial charge < -0.3 is 18.9 Å². The molecule has 0 aromatic heterocycles. The highest BCUT2D eigenvalue weighted by Gasteiger charge is 2.76. The minimum Gasteiger partial charge on any atom is -0.463 e. The van der Waals surface area contributed by atoms with Gasteiger partial charge in [0.25, 0.3) is 0 Å². The van der Waals surface area contributed by atoms with Crippen LogP contribution in [-0.2, 0) is 28.5 Å². The standard InChI is InChI=1S/C29H36O6/c1-25-14-15-28(17-24(31)32-18-28)35-26(25,2)16-22(27(3)21(25)10-7-13-29(27)19-33-29)34-23(30)12-11-20-8-5-4-6-9-20/h4-6,8-9,11-12,21-22H,7,10,13-19H2,1-3H3/b12-11+/t21-,22+,25+,26+,27+,28-,29+/m1/s1. The summed E-state index contributed by atoms with van der Waals surface area (Å²) >= 11 is 0. The number of benzene rings is 1. The molecule has 7 atom stereocenters. The third-order valence-electron chi connectivity index (χ3n) is 10.5. The molecule has 5 fully saturated rings. The Morgan fingerprint density at radius 2 is 1.86 bits per heavy atom. The van der Waals surface area contributed by atoms with E-state index in [0.29, 0.717) is 19.4 Å². The molecule has 5 aliphatic rings. The fourth-order valence-corrected chi connectivity index (χ4v) is 8.18. The van der Waals surface area contributed by atoms with Gasteiger partial charge in [0.15, 0.2) is 0 Å². The van der Waals surface area contributed by atoms with Crippen LogP contribution in [0.2, 0.25) is 0 Å². The Labute approximate surface area is 207 Å². The number of hydrogen-bond acceptors (Lipinski definition) is 6. The van der Waals surface area contributed by atoms with Crippen LogP contribution in [-0.4, -0.2) is 48.1 Å². The van der Waals surface area contributed by atoms with Crippen molar-refractivity contribution in [2.45, 2.75) is 88.6 Å². The van der Waals surface area contributed by atoms with Crippen molar-refractivity contribution in [1.82, 2.24) is 0 Å². The van der Waals surface area contributed by atoms with Crippen LogP contribution in [0, 0.1) is 16.7 Å². The number of esters is 2. The van der Waals surface area contributed by atoms with E-state index in [1.807, 2.05) is 30.3 Å². The van der Waals surface area contributed by atoms with Crippen molar-refractivity contribution in [3.63, 3.8) is 0 Å². The molecule has 188 valence electrons. The van der Waals surface area contributed by atoms with Crippen LogP contribution in [0.1, 0.15) is 71.3 Å². The lowest BCUT2D eigenvalue weighted by Crippen LogP contribution is -2.72. The molecular formula is C29H36O6. The summed E-state index contributed by atoms with van der Waals surface area (Å²) in [6, 6.07) is 9.77. The third-order valence-corrected chi connectivity index (χ3v) is 10.5. The minimum absolute atomic E-state index is 0.110. The molecule has 2 aliphatic carbocycles. The molecule has 3 heterocycles. The number of fused-ring (bicyclic) bond motifs is 4. The summed E-state index contributed by atoms with van der Waals surface area (Å²) in [4.78, 5) is 25.2. The highest BCUT2D eigenvalue weighted by molar-refractivity contribution is 5.87. The van der Waals surface area contributed by atoms with Gasteiger partial charge in [-0.25, -0.2) is 4.79 Å². The average molecular weight is 481 g/mol. The molecule has 3 saturated heterocycles. The lowest BCUT2D eigenvalue weighted by molar-refractivity contribution is -0.317. The van der Waals surface area contributed by atoms with E-state index in [9.17, 15) is 9.59 Å². The highest BCUT2D eigenvalue weighted by Crippen LogP contribution is 2.72. The van der Waals surface area contributed by atoms with Gasteiger partial charge in [-0.1, -0.05) is 50.6 Å². The van der Waals surface area contributed by atoms with E-state index >= 15 is 0 Å². The SMILES string of the molecule is C[C@@]12[C@@H](OC(=O)/C=C/c3ccccc3)C[C@]3(C)O[C@@]4(CC[C@@]3(C)[C@H]1CCC[C@]21CO1)COC(=O)C4. The van der Waals surface area contributed by atoms with Crippen LogP contribution in [0.5, 0.6) is 0 Å². The van der Waals surface area contributed by atoms with Crippen LogP contribution in [0.3, 0.4) is 0 Å². The highest BCUT2D eigenvalue weighted by atomic mass is 16.6. The number of carbonyl (C=O) groups is 2. The minimum atomic E-state index is -0.566. The molecule has 6 heteroatoms. The van der Waals surface area contributed by atoms with E-state index in [4.69, 9.17) is 18.9 Å². The first kappa shape index (κ1) is 23.2. The average Bonchev–Trinajstić information content (AvgIpc) is 3.53. The summed E-state index contributed by atoms with van der Waals surface area (Å²) in [7, 11) is 0. The molecular weight excluding hydrogens is 444 g/mol. The van der Waals surface area contributed by atoms with Gasteiger partial charge in [-0.2, -0.15) is 0 Å². The number of hydrogen-bond donors (Lipinski definition) is 0. The Morgan fingerprint density at radius 1 is 1.09 bits per heavy atom. The Balaban J connectivity index is 1.33. The zero-order valence-electron chi connectivity index (χ0n) is 21.0. The van der Waals surface area contributed by atoms with Gasteiger partial charge in [0.2, 0.25) is 0 Å². The van der Waals surface area contributed by atoms with E-state index in [-0.39, 0.29) is 40.4 Å². The molecule has 0 N–H and O–H groups in total. The van der Waals surface area contributed by atoms with Gasteiger partial charge in [-0.05, 0) is 50.2 Å². The predicted molar refractivity (Wildman–Crippen MR) is 129 cm³/mol. The first-order valence-corrected chi connectivity index (χ1v) is 13.1. The summed E-state index contributed by atoms with van der Waals surface area (Å²) in [5.74, 6) is -0.233. The molecule has 6 nitrogen and oxygen atoms in total. The van der Waals surface area contributed by atoms with Gasteiger partial charge in [-0.15, -0.1) is 0 Å². The first-order valence-electron chi connectivity index (χ1n) is 13.1. The Hall–Kier alpha value is -2.18. The fraction of sp³-hybridized carbons (Fsp3) is 0.655. The lowest BCUT2D eigenvalue weighted by atomic mass is 9.41. The van der Waals surface area contributed by atoms with Crippen molar-refractivity contribution in [3.05, 3.63) is 42.0 Å². The van der Waals surface area contributed by atoms with Gasteiger partial charge in [0, 0.05) is 23.3 Å². The van der Waals surface area contributed by atoms with Gasteiger partial charge >= 0.3 is 11.9 Å². The normalized spacial score (nSPS) is 46.3. The molecule has 35 heavy (non-hydrogen) atoms. The van der Waals surface area contributed by atoms with Gasteiger partial charge in [0.05, 0.1) is 18.6 Å². The monoisotopic (exact) mass is 480 g/mol. The van der Waals surface area contributed by atoms with E-state index in [2.05, 4.69) is 20.8 Å². The van der Waals surface area contributed by atoms with Crippen molar-refractivity contribution in [1.29, 1.82) is 0 Å². The molecule has 0 amide bonds. The van der Waals surface area contributed by atoms with Gasteiger partial charge in [0.1, 0.15) is 23.9 Å². The molecule has 0 bridgehead atoms. The second-order valence-corrected chi connectivity index (χ2v) is 12.2. The largest absolute Gasteiger partial charge is 0.463 e. The van der Waals surface area contributed by atoms with Gasteiger partial charge in [-0.3, -0.25) is 4.79 Å². The van der Waals surface area contributed by atoms with Crippen molar-refractivity contribution in [2.24, 2.45) is 16.7 Å². The van der Waals surface area contributed by atoms with Crippen LogP contribution < -0.4 is 0 Å². The number of cyclic esters (lactones) is 1. The summed E-state index contributed by atoms with van der Waals surface area (Å²) in [5, 5.41) is 0. The summed E-state index contributed by atoms with van der Waals surface area (Å²) in [6.07, 6.45) is 8.83. The Kier molecular flexibility index (Phi) is 5.08. The van der Waals surface area contributed by atoms with E-state index in [1.165, 1.54) is 6.08 Å². The topological polar surface area (TPSA) is 74.4 Å². The third kappa shape index (κ3) is 3.36. The molecule has 3 aliphatic heterocycles. The van der Waals surface area contributed by atoms with Crippen LogP contribution >= 0.6 is 0 Å². The van der Waals surface area contributed by atoms with Crippen molar-refractivity contribution in [2.75, 3.05) is 13.2 Å². The maximum atomic E-state index is 13.1. The van der Waals surface area contributed by atoms with E-state index < -0.39 is 11.2 Å². The molecule has 0 radical (unpaired) electrons. The first-order chi connectivity index (χ1) is 16.6. The van der Waals surface area contributed by atoms with E-state index in [1.54, 1.807) is 6.08 Å². The Bertz CT molecular complexity index is 1060. The molecule has 2 saturated carbocycles. The molecule has 0 unspecified atom stereocenters. The second-order valence-electron chi connectivity index (χ2n) is 12.2. The Morgan fingerprint density at radius 3 is 2.54 bits per heavy atom. The second kappa shape index (κ2) is 7.66. The zero-order chi connectivity index (χ0) is 24.5. The summed E-state index contributed by atoms with van der Waals surface area (Å²) < 4.78 is 24.8. The molecule has 1 aromatic carbocycles. The van der Waals surface area contributed by atoms with Crippen molar-refractivity contribution < 1.29 is 28.5 Å². The summed E-state index contributed by atoms with van der Waals surface area (Å²) in [6.45, 7) is 7.87. The van der Waals surface area contributed by atoms with Crippen LogP contribution in [0.4, 0.5) is 0 Å². The van der Waals surface area contributed by atoms with Crippen molar-refractivity contribution in [3.8, 4) is 0 Å². The number of rotatable bonds is 3. The quantitative estimate of drug-likeness (QED) is 0.350. The maximum absolute atomic E-state index is 13.1. The number of carbonyl (C=O) groups excluding carboxylic acids is 2. The smallest absolute Gasteiger partial charge is 0.331 e. The lowest BCUT2D eigenvalue weighted by Gasteiger charge is -2.68. The number of ether oxygens (including phenoxy) is 4. The van der Waals surface area contributed by atoms with Crippen molar-refractivity contribution >= 4 is 18.0 Å². The molecule has 1 aromatic rings. The zero-order valence-corrected chi connectivity index (χ0v) is 21.0. The van der Waals surface area contributed by atoms with Crippen LogP contribution in [0.25, 0.3) is 6.08 Å². The van der Waals surface area contributed by atoms with E-state index in [0.717, 1.165) is 44.3 Å². The number of epoxide rings is 1. The summed E-state index contributed by atoms with van der Waals surface area (Å²) in [5.41, 5.74) is -0.767. The van der Waals surface area contributed by atoms with Crippen LogP contribution in [0.15, 0.2) is 36.4 Å². The molecule has 2 spiro atoms.